The highest BCUT2D eigenvalue weighted by molar-refractivity contribution is 6.15. The maximum atomic E-state index is 13.0. The van der Waals surface area contributed by atoms with Gasteiger partial charge < -0.3 is 5.32 Å². The molecule has 24 heavy (non-hydrogen) atoms. The molecule has 1 aromatic carbocycles. The topological polar surface area (TPSA) is 69.7 Å². The Labute approximate surface area is 140 Å². The van der Waals surface area contributed by atoms with Crippen LogP contribution in [0.1, 0.15) is 27.7 Å². The number of imide groups is 1. The fourth-order valence-electron chi connectivity index (χ4n) is 2.42. The number of amides is 4. The zero-order chi connectivity index (χ0) is 18.0. The number of hydrogen-bond acceptors (Lipinski definition) is 3. The molecule has 2 atom stereocenters. The average molecular weight is 335 g/mol. The number of urea groups is 1. The van der Waals surface area contributed by atoms with Crippen LogP contribution in [0.15, 0.2) is 24.3 Å². The number of hydrogen-bond donors (Lipinski definition) is 1. The molecule has 0 saturated carbocycles. The molecular weight excluding hydrogens is 313 g/mol. The molecule has 1 aliphatic heterocycles. The molecule has 0 bridgehead atoms. The number of anilines is 1. The molecule has 1 N–H and O–H groups in total. The summed E-state index contributed by atoms with van der Waals surface area (Å²) >= 11 is 0. The quantitative estimate of drug-likeness (QED) is 0.838. The van der Waals surface area contributed by atoms with Gasteiger partial charge in [-0.1, -0.05) is 13.8 Å². The van der Waals surface area contributed by atoms with Gasteiger partial charge in [0.2, 0.25) is 5.91 Å². The Balaban J connectivity index is 2.12. The Bertz CT molecular complexity index is 645. The summed E-state index contributed by atoms with van der Waals surface area (Å²) in [7, 11) is 0. The fourth-order valence-corrected chi connectivity index (χ4v) is 2.42. The van der Waals surface area contributed by atoms with E-state index in [9.17, 15) is 18.8 Å². The summed E-state index contributed by atoms with van der Waals surface area (Å²) in [5.41, 5.74) is 0.417. The molecule has 4 amide bonds. The van der Waals surface area contributed by atoms with Gasteiger partial charge in [0.05, 0.1) is 0 Å². The molecule has 2 rings (SSSR count). The van der Waals surface area contributed by atoms with Crippen molar-refractivity contribution in [1.82, 2.24) is 10.2 Å². The van der Waals surface area contributed by atoms with Gasteiger partial charge in [0.25, 0.3) is 5.91 Å². The number of carbonyl (C=O) groups is 3. The van der Waals surface area contributed by atoms with Gasteiger partial charge >= 0.3 is 6.03 Å². The molecule has 7 heteroatoms. The van der Waals surface area contributed by atoms with E-state index >= 15 is 0 Å². The average Bonchev–Trinajstić information content (AvgIpc) is 2.72. The molecule has 0 aliphatic carbocycles. The van der Waals surface area contributed by atoms with Gasteiger partial charge in [-0.2, -0.15) is 0 Å². The van der Waals surface area contributed by atoms with E-state index in [1.54, 1.807) is 6.92 Å². The lowest BCUT2D eigenvalue weighted by Crippen LogP contribution is -2.45. The summed E-state index contributed by atoms with van der Waals surface area (Å²) in [4.78, 5) is 39.1. The lowest BCUT2D eigenvalue weighted by atomic mass is 10.1. The van der Waals surface area contributed by atoms with Crippen molar-refractivity contribution in [2.45, 2.75) is 39.8 Å². The number of halogens is 1. The largest absolute Gasteiger partial charge is 0.352 e. The van der Waals surface area contributed by atoms with E-state index in [1.807, 2.05) is 20.8 Å². The molecule has 1 fully saturated rings. The number of carbonyl (C=O) groups excluding carboxylic acids is 3. The SMILES string of the molecule is CC(C)C(C)NC(=O)CN1C(=O)C(C)N(c2ccc(F)cc2)C1=O. The summed E-state index contributed by atoms with van der Waals surface area (Å²) in [5.74, 6) is -1.01. The van der Waals surface area contributed by atoms with E-state index in [0.717, 1.165) is 4.90 Å². The molecule has 2 unspecified atom stereocenters. The van der Waals surface area contributed by atoms with Crippen molar-refractivity contribution in [3.63, 3.8) is 0 Å². The van der Waals surface area contributed by atoms with Crippen LogP contribution in [0.2, 0.25) is 0 Å². The Morgan fingerprint density at radius 2 is 1.79 bits per heavy atom. The molecule has 130 valence electrons. The zero-order valence-electron chi connectivity index (χ0n) is 14.2. The Morgan fingerprint density at radius 1 is 1.21 bits per heavy atom. The molecule has 0 aromatic heterocycles. The number of rotatable bonds is 5. The van der Waals surface area contributed by atoms with Gasteiger partial charge in [0, 0.05) is 11.7 Å². The maximum Gasteiger partial charge on any atom is 0.332 e. The minimum absolute atomic E-state index is 0.0593. The smallest absolute Gasteiger partial charge is 0.332 e. The summed E-state index contributed by atoms with van der Waals surface area (Å²) in [5, 5.41) is 2.77. The molecule has 1 saturated heterocycles. The van der Waals surface area contributed by atoms with Gasteiger partial charge in [-0.15, -0.1) is 0 Å². The Morgan fingerprint density at radius 3 is 2.33 bits per heavy atom. The summed E-state index contributed by atoms with van der Waals surface area (Å²) in [6, 6.07) is 3.93. The van der Waals surface area contributed by atoms with Crippen molar-refractivity contribution in [1.29, 1.82) is 0 Å². The number of benzene rings is 1. The molecule has 6 nitrogen and oxygen atoms in total. The van der Waals surface area contributed by atoms with Crippen LogP contribution >= 0.6 is 0 Å². The van der Waals surface area contributed by atoms with Gasteiger partial charge in [-0.05, 0) is 44.0 Å². The molecule has 1 aromatic rings. The minimum atomic E-state index is -0.738. The van der Waals surface area contributed by atoms with Gasteiger partial charge in [-0.25, -0.2) is 9.18 Å². The first-order valence-corrected chi connectivity index (χ1v) is 7.92. The standard InChI is InChI=1S/C17H22FN3O3/c1-10(2)11(3)19-15(22)9-20-16(23)12(4)21(17(20)24)14-7-5-13(18)6-8-14/h5-8,10-12H,9H2,1-4H3,(H,19,22). The van der Waals surface area contributed by atoms with Gasteiger partial charge in [0.15, 0.2) is 0 Å². The van der Waals surface area contributed by atoms with Crippen LogP contribution in [0.4, 0.5) is 14.9 Å². The van der Waals surface area contributed by atoms with Crippen LogP contribution in [0.5, 0.6) is 0 Å². The van der Waals surface area contributed by atoms with Crippen molar-refractivity contribution >= 4 is 23.5 Å². The van der Waals surface area contributed by atoms with E-state index in [4.69, 9.17) is 0 Å². The van der Waals surface area contributed by atoms with Crippen LogP contribution in [0, 0.1) is 11.7 Å². The second-order valence-electron chi connectivity index (χ2n) is 6.33. The van der Waals surface area contributed by atoms with Crippen molar-refractivity contribution in [2.24, 2.45) is 5.92 Å². The molecule has 1 aliphatic rings. The predicted molar refractivity (Wildman–Crippen MR) is 87.9 cm³/mol. The van der Waals surface area contributed by atoms with E-state index in [2.05, 4.69) is 5.32 Å². The Hall–Kier alpha value is -2.44. The Kier molecular flexibility index (Phi) is 5.21. The highest BCUT2D eigenvalue weighted by atomic mass is 19.1. The molecule has 1 heterocycles. The predicted octanol–water partition coefficient (Wildman–Crippen LogP) is 2.14. The normalized spacial score (nSPS) is 19.2. The van der Waals surface area contributed by atoms with Gasteiger partial charge in [0.1, 0.15) is 18.4 Å². The third-order valence-electron chi connectivity index (χ3n) is 4.24. The second kappa shape index (κ2) is 6.98. The van der Waals surface area contributed by atoms with E-state index < -0.39 is 23.8 Å². The maximum absolute atomic E-state index is 13.0. The van der Waals surface area contributed by atoms with E-state index in [-0.39, 0.29) is 24.4 Å². The van der Waals surface area contributed by atoms with E-state index in [1.165, 1.54) is 29.2 Å². The first-order valence-electron chi connectivity index (χ1n) is 7.92. The van der Waals surface area contributed by atoms with Crippen molar-refractivity contribution in [3.8, 4) is 0 Å². The first-order chi connectivity index (χ1) is 11.2. The summed E-state index contributed by atoms with van der Waals surface area (Å²) in [6.45, 7) is 7.06. The van der Waals surface area contributed by atoms with Gasteiger partial charge in [-0.3, -0.25) is 19.4 Å². The van der Waals surface area contributed by atoms with Crippen LogP contribution in [0.3, 0.4) is 0 Å². The van der Waals surface area contributed by atoms with Crippen molar-refractivity contribution < 1.29 is 18.8 Å². The highest BCUT2D eigenvalue weighted by Crippen LogP contribution is 2.25. The third-order valence-corrected chi connectivity index (χ3v) is 4.24. The lowest BCUT2D eigenvalue weighted by molar-refractivity contribution is -0.132. The first kappa shape index (κ1) is 17.9. The van der Waals surface area contributed by atoms with Crippen molar-refractivity contribution in [3.05, 3.63) is 30.1 Å². The molecule has 0 radical (unpaired) electrons. The number of nitrogens with one attached hydrogen (secondary N) is 1. The van der Waals surface area contributed by atoms with Crippen molar-refractivity contribution in [2.75, 3.05) is 11.4 Å². The fraction of sp³-hybridized carbons (Fsp3) is 0.471. The van der Waals surface area contributed by atoms with Crippen LogP contribution in [0.25, 0.3) is 0 Å². The molecule has 0 spiro atoms. The summed E-state index contributed by atoms with van der Waals surface area (Å²) < 4.78 is 13.0. The number of nitrogens with zero attached hydrogens (tertiary/aromatic N) is 2. The minimum Gasteiger partial charge on any atom is -0.352 e. The molecular formula is C17H22FN3O3. The van der Waals surface area contributed by atoms with E-state index in [0.29, 0.717) is 5.69 Å². The summed E-state index contributed by atoms with van der Waals surface area (Å²) in [6.07, 6.45) is 0. The van der Waals surface area contributed by atoms with Crippen LogP contribution in [-0.2, 0) is 9.59 Å². The monoisotopic (exact) mass is 335 g/mol. The van der Waals surface area contributed by atoms with Crippen LogP contribution < -0.4 is 10.2 Å². The third kappa shape index (κ3) is 3.55. The second-order valence-corrected chi connectivity index (χ2v) is 6.33. The zero-order valence-corrected chi connectivity index (χ0v) is 14.2. The lowest BCUT2D eigenvalue weighted by Gasteiger charge is -2.20. The van der Waals surface area contributed by atoms with Crippen LogP contribution in [-0.4, -0.2) is 41.4 Å². The highest BCUT2D eigenvalue weighted by Gasteiger charge is 2.44.